The number of aromatic nitrogens is 2. The number of benzene rings is 1. The highest BCUT2D eigenvalue weighted by Crippen LogP contribution is 2.44. The Balaban J connectivity index is 1.28. The van der Waals surface area contributed by atoms with Crippen molar-refractivity contribution in [2.45, 2.75) is 39.2 Å². The van der Waals surface area contributed by atoms with E-state index in [4.69, 9.17) is 9.72 Å². The first-order chi connectivity index (χ1) is 15.6. The summed E-state index contributed by atoms with van der Waals surface area (Å²) < 4.78 is 6.35. The number of allylic oxidation sites excluding steroid dienone is 2. The summed E-state index contributed by atoms with van der Waals surface area (Å²) in [7, 11) is 0. The van der Waals surface area contributed by atoms with E-state index in [-0.39, 0.29) is 0 Å². The molecule has 3 aliphatic rings. The molecule has 1 saturated carbocycles. The molecule has 7 heteroatoms. The lowest BCUT2D eigenvalue weighted by molar-refractivity contribution is 0.122. The summed E-state index contributed by atoms with van der Waals surface area (Å²) in [5, 5.41) is 7.13. The molecule has 2 bridgehead atoms. The van der Waals surface area contributed by atoms with Gasteiger partial charge in [0.15, 0.2) is 0 Å². The van der Waals surface area contributed by atoms with Gasteiger partial charge < -0.3 is 20.3 Å². The Morgan fingerprint density at radius 1 is 1.12 bits per heavy atom. The fraction of sp³-hybridized carbons (Fsp3) is 0.520. The van der Waals surface area contributed by atoms with Crippen LogP contribution in [-0.4, -0.2) is 42.3 Å². The second-order valence-electron chi connectivity index (χ2n) is 9.42. The summed E-state index contributed by atoms with van der Waals surface area (Å²) in [6.07, 6.45) is 7.98. The topological polar surface area (TPSA) is 62.3 Å². The fourth-order valence-corrected chi connectivity index (χ4v) is 5.75. The maximum absolute atomic E-state index is 5.45. The van der Waals surface area contributed by atoms with Gasteiger partial charge in [-0.15, -0.1) is 0 Å². The second-order valence-corrected chi connectivity index (χ2v) is 10.3. The molecule has 32 heavy (non-hydrogen) atoms. The van der Waals surface area contributed by atoms with Crippen molar-refractivity contribution in [2.24, 2.45) is 17.8 Å². The zero-order valence-corrected chi connectivity index (χ0v) is 20.4. The van der Waals surface area contributed by atoms with Gasteiger partial charge in [-0.3, -0.25) is 0 Å². The monoisotopic (exact) mass is 497 g/mol. The highest BCUT2D eigenvalue weighted by molar-refractivity contribution is 9.10. The fourth-order valence-electron chi connectivity index (χ4n) is 5.44. The van der Waals surface area contributed by atoms with Crippen LogP contribution in [0.5, 0.6) is 0 Å². The van der Waals surface area contributed by atoms with Gasteiger partial charge in [-0.1, -0.05) is 18.6 Å². The van der Waals surface area contributed by atoms with Gasteiger partial charge >= 0.3 is 0 Å². The van der Waals surface area contributed by atoms with Crippen LogP contribution >= 0.6 is 15.9 Å². The zero-order chi connectivity index (χ0) is 22.1. The summed E-state index contributed by atoms with van der Waals surface area (Å²) in [5.74, 6) is 3.52. The molecule has 1 aromatic heterocycles. The molecule has 2 N–H and O–H groups in total. The lowest BCUT2D eigenvalue weighted by Gasteiger charge is -2.44. The van der Waals surface area contributed by atoms with Gasteiger partial charge in [-0.25, -0.2) is 4.98 Å². The van der Waals surface area contributed by atoms with Gasteiger partial charge in [-0.2, -0.15) is 4.98 Å². The predicted molar refractivity (Wildman–Crippen MR) is 134 cm³/mol. The molecule has 2 aromatic rings. The van der Waals surface area contributed by atoms with E-state index >= 15 is 0 Å². The van der Waals surface area contributed by atoms with E-state index in [2.05, 4.69) is 80.6 Å². The van der Waals surface area contributed by atoms with Crippen molar-refractivity contribution in [3.63, 3.8) is 0 Å². The minimum absolute atomic E-state index is 0.433. The highest BCUT2D eigenvalue weighted by Gasteiger charge is 2.38. The molecule has 5 rings (SSSR count). The van der Waals surface area contributed by atoms with Gasteiger partial charge in [0, 0.05) is 36.7 Å². The third kappa shape index (κ3) is 4.64. The molecule has 2 aliphatic carbocycles. The average molecular weight is 498 g/mol. The summed E-state index contributed by atoms with van der Waals surface area (Å²) in [5.41, 5.74) is 3.79. The lowest BCUT2D eigenvalue weighted by Crippen LogP contribution is -2.43. The molecule has 2 heterocycles. The number of nitrogens with one attached hydrogen (secondary N) is 2. The van der Waals surface area contributed by atoms with Crippen LogP contribution in [0.1, 0.15) is 33.1 Å². The molecular weight excluding hydrogens is 466 g/mol. The number of hydrogen-bond donors (Lipinski definition) is 2. The van der Waals surface area contributed by atoms with Crippen molar-refractivity contribution in [1.29, 1.82) is 0 Å². The van der Waals surface area contributed by atoms with Crippen LogP contribution in [0, 0.1) is 17.8 Å². The van der Waals surface area contributed by atoms with Crippen LogP contribution in [0.4, 0.5) is 23.1 Å². The van der Waals surface area contributed by atoms with Gasteiger partial charge in [-0.05, 0) is 84.1 Å². The van der Waals surface area contributed by atoms with Crippen molar-refractivity contribution < 1.29 is 4.74 Å². The second kappa shape index (κ2) is 9.40. The third-order valence-electron chi connectivity index (χ3n) is 7.30. The highest BCUT2D eigenvalue weighted by atomic mass is 79.9. The van der Waals surface area contributed by atoms with Gasteiger partial charge in [0.2, 0.25) is 5.95 Å². The normalized spacial score (nSPS) is 27.6. The largest absolute Gasteiger partial charge is 0.378 e. The van der Waals surface area contributed by atoms with Crippen molar-refractivity contribution >= 4 is 39.1 Å². The molecule has 1 saturated heterocycles. The molecule has 1 aromatic carbocycles. The molecule has 0 spiro atoms. The first kappa shape index (κ1) is 21.7. The first-order valence-electron chi connectivity index (χ1n) is 11.7. The predicted octanol–water partition coefficient (Wildman–Crippen LogP) is 5.61. The molecule has 1 aliphatic heterocycles. The molecular formula is C25H32BrN5O. The van der Waals surface area contributed by atoms with E-state index in [1.807, 2.05) is 6.20 Å². The number of morpholine rings is 1. The molecule has 0 amide bonds. The van der Waals surface area contributed by atoms with Crippen LogP contribution < -0.4 is 15.5 Å². The molecule has 6 nitrogen and oxygen atoms in total. The molecule has 4 atom stereocenters. The van der Waals surface area contributed by atoms with Crippen molar-refractivity contribution in [3.8, 4) is 0 Å². The van der Waals surface area contributed by atoms with Crippen molar-refractivity contribution in [2.75, 3.05) is 41.8 Å². The quantitative estimate of drug-likeness (QED) is 0.523. The van der Waals surface area contributed by atoms with Gasteiger partial charge in [0.1, 0.15) is 5.82 Å². The Morgan fingerprint density at radius 2 is 1.91 bits per heavy atom. The number of halogens is 1. The van der Waals surface area contributed by atoms with Crippen LogP contribution in [0.3, 0.4) is 0 Å². The maximum atomic E-state index is 5.45. The van der Waals surface area contributed by atoms with E-state index in [0.29, 0.717) is 23.8 Å². The Kier molecular flexibility index (Phi) is 6.37. The first-order valence-corrected chi connectivity index (χ1v) is 12.5. The molecule has 4 unspecified atom stereocenters. The van der Waals surface area contributed by atoms with Crippen molar-refractivity contribution in [1.82, 2.24) is 9.97 Å². The van der Waals surface area contributed by atoms with E-state index in [1.165, 1.54) is 18.5 Å². The standard InChI is InChI=1S/C25H32BrN5O/c1-16-3-4-18-14-19(16)13-17(2)23(18)29-24-22(26)15-27-25(30-24)28-20-5-7-21(8-6-20)31-9-11-32-12-10-31/h3,5-8,15,17-19,23H,4,9-14H2,1-2H3,(H2,27,28,29,30). The van der Waals surface area contributed by atoms with E-state index in [9.17, 15) is 0 Å². The minimum atomic E-state index is 0.433. The SMILES string of the molecule is CC1=CCC2CC1CC(C)C2Nc1nc(Nc2ccc(N3CCOCC3)cc2)ncc1Br. The van der Waals surface area contributed by atoms with Crippen molar-refractivity contribution in [3.05, 3.63) is 46.6 Å². The van der Waals surface area contributed by atoms with E-state index in [0.717, 1.165) is 54.6 Å². The van der Waals surface area contributed by atoms with Gasteiger partial charge in [0.05, 0.1) is 17.7 Å². The number of anilines is 4. The molecule has 2 fully saturated rings. The van der Waals surface area contributed by atoms with E-state index < -0.39 is 0 Å². The number of ether oxygens (including phenoxy) is 1. The Bertz CT molecular complexity index is 973. The molecule has 170 valence electrons. The Hall–Kier alpha value is -2.12. The van der Waals surface area contributed by atoms with E-state index in [1.54, 1.807) is 5.57 Å². The summed E-state index contributed by atoms with van der Waals surface area (Å²) in [4.78, 5) is 11.6. The summed E-state index contributed by atoms with van der Waals surface area (Å²) in [6, 6.07) is 8.89. The lowest BCUT2D eigenvalue weighted by atomic mass is 9.66. The zero-order valence-electron chi connectivity index (χ0n) is 18.9. The average Bonchev–Trinajstić information content (AvgIpc) is 2.81. The third-order valence-corrected chi connectivity index (χ3v) is 7.88. The smallest absolute Gasteiger partial charge is 0.229 e. The number of fused-ring (bicyclic) bond motifs is 2. The van der Waals surface area contributed by atoms with Crippen LogP contribution in [0.2, 0.25) is 0 Å². The Labute approximate surface area is 199 Å². The van der Waals surface area contributed by atoms with Gasteiger partial charge in [0.25, 0.3) is 0 Å². The summed E-state index contributed by atoms with van der Waals surface area (Å²) in [6.45, 7) is 8.13. The van der Waals surface area contributed by atoms with Crippen LogP contribution in [0.25, 0.3) is 0 Å². The van der Waals surface area contributed by atoms with Crippen LogP contribution in [-0.2, 0) is 4.74 Å². The number of rotatable bonds is 5. The van der Waals surface area contributed by atoms with Crippen LogP contribution in [0.15, 0.2) is 46.6 Å². The number of hydrogen-bond acceptors (Lipinski definition) is 6. The minimum Gasteiger partial charge on any atom is -0.378 e. The maximum Gasteiger partial charge on any atom is 0.229 e. The Morgan fingerprint density at radius 3 is 2.69 bits per heavy atom. The summed E-state index contributed by atoms with van der Waals surface area (Å²) >= 11 is 3.65. The molecule has 0 radical (unpaired) electrons. The number of nitrogens with zero attached hydrogens (tertiary/aromatic N) is 3.